The molecule has 0 saturated heterocycles. The molecule has 0 saturated carbocycles. The molecule has 126 valence electrons. The summed E-state index contributed by atoms with van der Waals surface area (Å²) in [6.07, 6.45) is 4.57. The average molecular weight is 321 g/mol. The Morgan fingerprint density at radius 2 is 1.67 bits per heavy atom. The van der Waals surface area contributed by atoms with E-state index in [2.05, 4.69) is 63.0 Å². The van der Waals surface area contributed by atoms with E-state index in [1.807, 2.05) is 12.1 Å². The number of hydrogen-bond donors (Lipinski definition) is 1. The summed E-state index contributed by atoms with van der Waals surface area (Å²) in [6, 6.07) is 14.5. The van der Waals surface area contributed by atoms with Crippen molar-refractivity contribution in [3.63, 3.8) is 0 Å². The van der Waals surface area contributed by atoms with E-state index in [-0.39, 0.29) is 5.91 Å². The van der Waals surface area contributed by atoms with Gasteiger partial charge < -0.3 is 5.32 Å². The first-order valence-corrected chi connectivity index (χ1v) is 8.66. The Hall–Kier alpha value is -2.35. The number of carbonyl (C=O) groups is 1. The Balaban J connectivity index is 0.000000471. The molecule has 2 aromatic carbocycles. The number of fused-ring (bicyclic) bond motifs is 1. The highest BCUT2D eigenvalue weighted by molar-refractivity contribution is 6.00. The quantitative estimate of drug-likeness (QED) is 0.729. The maximum Gasteiger partial charge on any atom is 0.247 e. The summed E-state index contributed by atoms with van der Waals surface area (Å²) in [5.74, 6) is 0.687. The molecule has 0 bridgehead atoms. The smallest absolute Gasteiger partial charge is 0.247 e. The molecule has 0 fully saturated rings. The molecule has 3 rings (SSSR count). The second-order valence-corrected chi connectivity index (χ2v) is 6.76. The van der Waals surface area contributed by atoms with E-state index >= 15 is 0 Å². The fourth-order valence-electron chi connectivity index (χ4n) is 2.90. The van der Waals surface area contributed by atoms with Crippen LogP contribution >= 0.6 is 0 Å². The summed E-state index contributed by atoms with van der Waals surface area (Å²) in [7, 11) is 0. The number of anilines is 1. The molecule has 0 atom stereocenters. The molecule has 1 N–H and O–H groups in total. The lowest BCUT2D eigenvalue weighted by Gasteiger charge is -2.13. The average Bonchev–Trinajstić information content (AvgIpc) is 3.05. The molecule has 0 radical (unpaired) electrons. The molecular formula is C22H27NO. The molecule has 2 aromatic rings. The normalized spacial score (nSPS) is 12.2. The summed E-state index contributed by atoms with van der Waals surface area (Å²) in [5.41, 5.74) is 6.11. The van der Waals surface area contributed by atoms with E-state index in [9.17, 15) is 4.79 Å². The van der Waals surface area contributed by atoms with Gasteiger partial charge in [-0.1, -0.05) is 63.7 Å². The number of benzene rings is 2. The molecular weight excluding hydrogens is 294 g/mol. The fourth-order valence-corrected chi connectivity index (χ4v) is 2.90. The zero-order chi connectivity index (χ0) is 17.5. The van der Waals surface area contributed by atoms with Gasteiger partial charge in [0.05, 0.1) is 0 Å². The molecule has 1 aliphatic rings. The first-order chi connectivity index (χ1) is 11.5. The van der Waals surface area contributed by atoms with Crippen LogP contribution in [-0.2, 0) is 17.6 Å². The van der Waals surface area contributed by atoms with Crippen molar-refractivity contribution in [2.45, 2.75) is 40.0 Å². The van der Waals surface area contributed by atoms with Crippen LogP contribution in [0.2, 0.25) is 0 Å². The molecule has 2 nitrogen and oxygen atoms in total. The van der Waals surface area contributed by atoms with Gasteiger partial charge in [-0.3, -0.25) is 4.79 Å². The van der Waals surface area contributed by atoms with Crippen molar-refractivity contribution in [1.82, 2.24) is 0 Å². The summed E-state index contributed by atoms with van der Waals surface area (Å²) in [6.45, 7) is 10.0. The van der Waals surface area contributed by atoms with Crippen LogP contribution in [0.4, 0.5) is 5.69 Å². The van der Waals surface area contributed by atoms with Gasteiger partial charge in [-0.15, -0.1) is 0 Å². The van der Waals surface area contributed by atoms with Crippen molar-refractivity contribution in [3.05, 3.63) is 66.2 Å². The van der Waals surface area contributed by atoms with Gasteiger partial charge in [0.25, 0.3) is 0 Å². The SMILES string of the molecule is C=CC(=O)Nc1ccc(-c2ccccc2)c2c1CCC2.CC(C)C. The van der Waals surface area contributed by atoms with Crippen LogP contribution in [0, 0.1) is 5.92 Å². The third kappa shape index (κ3) is 4.58. The maximum atomic E-state index is 11.5. The van der Waals surface area contributed by atoms with E-state index in [4.69, 9.17) is 0 Å². The van der Waals surface area contributed by atoms with E-state index in [1.165, 1.54) is 28.3 Å². The third-order valence-corrected chi connectivity index (χ3v) is 3.81. The van der Waals surface area contributed by atoms with Crippen LogP contribution in [0.15, 0.2) is 55.1 Å². The van der Waals surface area contributed by atoms with Crippen LogP contribution in [0.3, 0.4) is 0 Å². The second-order valence-electron chi connectivity index (χ2n) is 6.76. The monoisotopic (exact) mass is 321 g/mol. The van der Waals surface area contributed by atoms with Crippen molar-refractivity contribution in [2.24, 2.45) is 5.92 Å². The number of amides is 1. The number of rotatable bonds is 3. The van der Waals surface area contributed by atoms with Crippen LogP contribution in [0.1, 0.15) is 38.3 Å². The van der Waals surface area contributed by atoms with Gasteiger partial charge in [0, 0.05) is 5.69 Å². The Morgan fingerprint density at radius 3 is 2.29 bits per heavy atom. The molecule has 1 amide bonds. The highest BCUT2D eigenvalue weighted by atomic mass is 16.1. The van der Waals surface area contributed by atoms with Gasteiger partial charge in [-0.25, -0.2) is 0 Å². The van der Waals surface area contributed by atoms with Crippen molar-refractivity contribution in [3.8, 4) is 11.1 Å². The van der Waals surface area contributed by atoms with Gasteiger partial charge in [0.15, 0.2) is 0 Å². The Morgan fingerprint density at radius 1 is 1.04 bits per heavy atom. The predicted molar refractivity (Wildman–Crippen MR) is 103 cm³/mol. The molecule has 0 aromatic heterocycles. The lowest BCUT2D eigenvalue weighted by molar-refractivity contribution is -0.111. The van der Waals surface area contributed by atoms with E-state index in [0.717, 1.165) is 30.9 Å². The Bertz CT molecular complexity index is 699. The number of nitrogens with one attached hydrogen (secondary N) is 1. The van der Waals surface area contributed by atoms with Gasteiger partial charge in [0.1, 0.15) is 0 Å². The minimum Gasteiger partial charge on any atom is -0.322 e. The topological polar surface area (TPSA) is 29.1 Å². The predicted octanol–water partition coefficient (Wildman–Crippen LogP) is 5.63. The van der Waals surface area contributed by atoms with Gasteiger partial charge >= 0.3 is 0 Å². The van der Waals surface area contributed by atoms with Crippen LogP contribution < -0.4 is 5.32 Å². The summed E-state index contributed by atoms with van der Waals surface area (Å²) in [5, 5.41) is 2.91. The summed E-state index contributed by atoms with van der Waals surface area (Å²) < 4.78 is 0. The minimum absolute atomic E-state index is 0.147. The molecule has 0 heterocycles. The van der Waals surface area contributed by atoms with Gasteiger partial charge in [0.2, 0.25) is 5.91 Å². The van der Waals surface area contributed by atoms with Gasteiger partial charge in [-0.05, 0) is 59.6 Å². The zero-order valence-corrected chi connectivity index (χ0v) is 14.9. The second kappa shape index (κ2) is 8.49. The van der Waals surface area contributed by atoms with Crippen molar-refractivity contribution < 1.29 is 4.79 Å². The highest BCUT2D eigenvalue weighted by Gasteiger charge is 2.19. The molecule has 0 aliphatic heterocycles. The van der Waals surface area contributed by atoms with Crippen molar-refractivity contribution in [2.75, 3.05) is 5.32 Å². The van der Waals surface area contributed by atoms with E-state index < -0.39 is 0 Å². The van der Waals surface area contributed by atoms with Crippen molar-refractivity contribution in [1.29, 1.82) is 0 Å². The van der Waals surface area contributed by atoms with Gasteiger partial charge in [-0.2, -0.15) is 0 Å². The lowest BCUT2D eigenvalue weighted by Crippen LogP contribution is -2.09. The molecule has 1 aliphatic carbocycles. The zero-order valence-electron chi connectivity index (χ0n) is 14.9. The largest absolute Gasteiger partial charge is 0.322 e. The standard InChI is InChI=1S/C18H17NO.C4H10/c1-2-18(20)19-17-12-11-14(13-7-4-3-5-8-13)15-9-6-10-16(15)17;1-4(2)3/h2-5,7-8,11-12H,1,6,9-10H2,(H,19,20);4H,1-3H3. The van der Waals surface area contributed by atoms with Crippen LogP contribution in [-0.4, -0.2) is 5.91 Å². The first kappa shape index (κ1) is 18.0. The maximum absolute atomic E-state index is 11.5. The fraction of sp³-hybridized carbons (Fsp3) is 0.318. The number of carbonyl (C=O) groups excluding carboxylic acids is 1. The van der Waals surface area contributed by atoms with E-state index in [0.29, 0.717) is 0 Å². The Kier molecular flexibility index (Phi) is 6.36. The summed E-state index contributed by atoms with van der Waals surface area (Å²) in [4.78, 5) is 11.5. The van der Waals surface area contributed by atoms with Crippen LogP contribution in [0.5, 0.6) is 0 Å². The summed E-state index contributed by atoms with van der Waals surface area (Å²) >= 11 is 0. The lowest BCUT2D eigenvalue weighted by atomic mass is 9.96. The van der Waals surface area contributed by atoms with E-state index in [1.54, 1.807) is 0 Å². The minimum atomic E-state index is -0.147. The molecule has 2 heteroatoms. The molecule has 24 heavy (non-hydrogen) atoms. The van der Waals surface area contributed by atoms with Crippen LogP contribution in [0.25, 0.3) is 11.1 Å². The molecule has 0 spiro atoms. The highest BCUT2D eigenvalue weighted by Crippen LogP contribution is 2.36. The Labute approximate surface area is 145 Å². The van der Waals surface area contributed by atoms with Crippen molar-refractivity contribution >= 4 is 11.6 Å². The first-order valence-electron chi connectivity index (χ1n) is 8.66. The third-order valence-electron chi connectivity index (χ3n) is 3.81. The molecule has 0 unspecified atom stereocenters. The number of hydrogen-bond acceptors (Lipinski definition) is 1.